The molecule has 0 aliphatic heterocycles. The Labute approximate surface area is 228 Å². The Morgan fingerprint density at radius 2 is 1.61 bits per heavy atom. The second-order valence-corrected chi connectivity index (χ2v) is 8.32. The Morgan fingerprint density at radius 1 is 0.902 bits per heavy atom. The van der Waals surface area contributed by atoms with Gasteiger partial charge in [-0.25, -0.2) is 14.6 Å². The number of methoxy groups -OCH3 is 1. The monoisotopic (exact) mass is 568 g/mol. The first-order valence-electron chi connectivity index (χ1n) is 11.6. The quantitative estimate of drug-likeness (QED) is 0.196. The van der Waals surface area contributed by atoms with Gasteiger partial charge >= 0.3 is 18.3 Å². The maximum Gasteiger partial charge on any atom is 0.416 e. The molecule has 3 amide bonds. The van der Waals surface area contributed by atoms with E-state index >= 15 is 0 Å². The van der Waals surface area contributed by atoms with E-state index in [0.29, 0.717) is 33.0 Å². The smallest absolute Gasteiger partial charge is 0.416 e. The largest absolute Gasteiger partial charge is 0.457 e. The highest BCUT2D eigenvalue weighted by molar-refractivity contribution is 6.01. The standard InChI is InChI=1S/C25H19F3N8O5/c1-40-24(38)34-22-32-19-11-17(7-9-21(19)36(22)39)41-16-5-3-15(4-6-16)31-23(37)33-18-10-14(25(26,27)28)2-8-20(18)35-12-29-30-13-35/h2-13,39H,1H3,(H2,31,33,37)(H,32,34,38). The van der Waals surface area contributed by atoms with Crippen molar-refractivity contribution in [1.82, 2.24) is 24.5 Å². The fraction of sp³-hybridized carbons (Fsp3) is 0.0800. The maximum absolute atomic E-state index is 13.3. The molecule has 5 aromatic rings. The van der Waals surface area contributed by atoms with Crippen molar-refractivity contribution in [3.05, 3.63) is 78.9 Å². The van der Waals surface area contributed by atoms with Crippen LogP contribution in [0.25, 0.3) is 16.7 Å². The van der Waals surface area contributed by atoms with Crippen LogP contribution in [-0.4, -0.2) is 48.9 Å². The van der Waals surface area contributed by atoms with E-state index in [1.807, 2.05) is 0 Å². The molecular weight excluding hydrogens is 549 g/mol. The van der Waals surface area contributed by atoms with E-state index in [2.05, 4.69) is 35.9 Å². The predicted octanol–water partition coefficient (Wildman–Crippen LogP) is 5.49. The average Bonchev–Trinajstić information content (AvgIpc) is 3.57. The third-order valence-corrected chi connectivity index (χ3v) is 5.62. The lowest BCUT2D eigenvalue weighted by molar-refractivity contribution is -0.137. The number of fused-ring (bicyclic) bond motifs is 1. The van der Waals surface area contributed by atoms with Crippen LogP contribution in [0.3, 0.4) is 0 Å². The van der Waals surface area contributed by atoms with E-state index in [1.165, 1.54) is 54.7 Å². The van der Waals surface area contributed by atoms with Gasteiger partial charge in [0.1, 0.15) is 29.7 Å². The summed E-state index contributed by atoms with van der Waals surface area (Å²) in [5, 5.41) is 24.7. The molecule has 5 rings (SSSR count). The number of ether oxygens (including phenoxy) is 2. The number of imidazole rings is 1. The van der Waals surface area contributed by atoms with Gasteiger partial charge in [0.15, 0.2) is 0 Å². The van der Waals surface area contributed by atoms with Gasteiger partial charge in [-0.2, -0.15) is 13.2 Å². The highest BCUT2D eigenvalue weighted by Gasteiger charge is 2.31. The van der Waals surface area contributed by atoms with Crippen molar-refractivity contribution in [2.24, 2.45) is 0 Å². The zero-order valence-corrected chi connectivity index (χ0v) is 20.9. The molecule has 0 spiro atoms. The van der Waals surface area contributed by atoms with Crippen molar-refractivity contribution in [1.29, 1.82) is 0 Å². The van der Waals surface area contributed by atoms with E-state index < -0.39 is 23.9 Å². The highest BCUT2D eigenvalue weighted by atomic mass is 19.4. The number of amides is 3. The molecule has 13 nitrogen and oxygen atoms in total. The number of benzene rings is 3. The number of rotatable bonds is 6. The predicted molar refractivity (Wildman–Crippen MR) is 138 cm³/mol. The van der Waals surface area contributed by atoms with Crippen LogP contribution < -0.4 is 20.7 Å². The second kappa shape index (κ2) is 10.8. The highest BCUT2D eigenvalue weighted by Crippen LogP contribution is 2.33. The fourth-order valence-corrected chi connectivity index (χ4v) is 3.72. The molecule has 3 aromatic carbocycles. The number of carbonyl (C=O) groups is 2. The van der Waals surface area contributed by atoms with Crippen molar-refractivity contribution < 1.29 is 37.4 Å². The molecular formula is C25H19F3N8O5. The molecule has 0 unspecified atom stereocenters. The lowest BCUT2D eigenvalue weighted by Gasteiger charge is -2.15. The number of alkyl halides is 3. The van der Waals surface area contributed by atoms with E-state index in [1.54, 1.807) is 18.2 Å². The third kappa shape index (κ3) is 5.95. The molecule has 0 atom stereocenters. The SMILES string of the molecule is COC(=O)Nc1nc2cc(Oc3ccc(NC(=O)Nc4cc(C(F)(F)F)ccc4-n4cnnc4)cc3)ccc2n1O. The third-order valence-electron chi connectivity index (χ3n) is 5.62. The zero-order valence-electron chi connectivity index (χ0n) is 20.9. The molecule has 2 aromatic heterocycles. The van der Waals surface area contributed by atoms with Crippen molar-refractivity contribution >= 4 is 40.5 Å². The minimum absolute atomic E-state index is 0.109. The van der Waals surface area contributed by atoms with E-state index in [4.69, 9.17) is 4.74 Å². The summed E-state index contributed by atoms with van der Waals surface area (Å²) < 4.78 is 52.2. The summed E-state index contributed by atoms with van der Waals surface area (Å²) in [4.78, 5) is 28.2. The van der Waals surface area contributed by atoms with Crippen LogP contribution in [0.1, 0.15) is 5.56 Å². The number of hydrogen-bond acceptors (Lipinski definition) is 8. The Balaban J connectivity index is 1.27. The minimum atomic E-state index is -4.61. The molecule has 0 fully saturated rings. The number of halogens is 3. The summed E-state index contributed by atoms with van der Waals surface area (Å²) in [5.41, 5.74) is 0.155. The lowest BCUT2D eigenvalue weighted by Crippen LogP contribution is -2.21. The van der Waals surface area contributed by atoms with Gasteiger partial charge < -0.3 is 25.3 Å². The number of aromatic nitrogens is 5. The topological polar surface area (TPSA) is 157 Å². The molecule has 16 heteroatoms. The molecule has 2 heterocycles. The van der Waals surface area contributed by atoms with Gasteiger partial charge in [-0.3, -0.25) is 9.88 Å². The van der Waals surface area contributed by atoms with Gasteiger partial charge in [0.05, 0.1) is 29.6 Å². The molecule has 0 saturated heterocycles. The first-order valence-corrected chi connectivity index (χ1v) is 11.6. The van der Waals surface area contributed by atoms with Crippen LogP contribution in [0, 0.1) is 0 Å². The van der Waals surface area contributed by atoms with E-state index in [9.17, 15) is 28.0 Å². The van der Waals surface area contributed by atoms with Gasteiger partial charge in [0.25, 0.3) is 0 Å². The van der Waals surface area contributed by atoms with Crippen LogP contribution in [0.4, 0.5) is 40.1 Å². The summed E-state index contributed by atoms with van der Waals surface area (Å²) in [6.45, 7) is 0. The van der Waals surface area contributed by atoms with Gasteiger partial charge in [-0.05, 0) is 54.6 Å². The molecule has 210 valence electrons. The Hall–Kier alpha value is -5.80. The number of nitrogens with zero attached hydrogens (tertiary/aromatic N) is 5. The molecule has 0 saturated carbocycles. The second-order valence-electron chi connectivity index (χ2n) is 8.32. The van der Waals surface area contributed by atoms with Crippen LogP contribution in [-0.2, 0) is 10.9 Å². The number of hydrogen-bond donors (Lipinski definition) is 4. The normalized spacial score (nSPS) is 11.2. The first kappa shape index (κ1) is 26.8. The molecule has 0 aliphatic rings. The Kier molecular flexibility index (Phi) is 7.03. The van der Waals surface area contributed by atoms with E-state index in [0.717, 1.165) is 12.1 Å². The van der Waals surface area contributed by atoms with Crippen LogP contribution in [0.15, 0.2) is 73.3 Å². The number of carbonyl (C=O) groups excluding carboxylic acids is 2. The number of anilines is 3. The van der Waals surface area contributed by atoms with Gasteiger partial charge in [0, 0.05) is 11.8 Å². The lowest BCUT2D eigenvalue weighted by atomic mass is 10.1. The van der Waals surface area contributed by atoms with Gasteiger partial charge in [-0.1, -0.05) is 0 Å². The minimum Gasteiger partial charge on any atom is -0.457 e. The van der Waals surface area contributed by atoms with Crippen molar-refractivity contribution in [2.75, 3.05) is 23.1 Å². The van der Waals surface area contributed by atoms with Crippen LogP contribution in [0.5, 0.6) is 11.5 Å². The maximum atomic E-state index is 13.3. The summed E-state index contributed by atoms with van der Waals surface area (Å²) in [7, 11) is 1.17. The molecule has 0 aliphatic carbocycles. The van der Waals surface area contributed by atoms with E-state index in [-0.39, 0.29) is 17.3 Å². The van der Waals surface area contributed by atoms with Gasteiger partial charge in [-0.15, -0.1) is 14.9 Å². The van der Waals surface area contributed by atoms with Crippen LogP contribution >= 0.6 is 0 Å². The van der Waals surface area contributed by atoms with Crippen molar-refractivity contribution in [3.63, 3.8) is 0 Å². The summed E-state index contributed by atoms with van der Waals surface area (Å²) in [5.74, 6) is 0.612. The molecule has 0 radical (unpaired) electrons. The summed E-state index contributed by atoms with van der Waals surface area (Å²) in [6, 6.07) is 12.9. The average molecular weight is 568 g/mol. The first-order chi connectivity index (χ1) is 19.6. The molecule has 41 heavy (non-hydrogen) atoms. The molecule has 4 N–H and O–H groups in total. The summed E-state index contributed by atoms with van der Waals surface area (Å²) in [6.07, 6.45) is -2.84. The van der Waals surface area contributed by atoms with Gasteiger partial charge in [0.2, 0.25) is 5.95 Å². The fourth-order valence-electron chi connectivity index (χ4n) is 3.72. The zero-order chi connectivity index (χ0) is 29.1. The Morgan fingerprint density at radius 3 is 2.29 bits per heavy atom. The number of nitrogens with one attached hydrogen (secondary N) is 3. The number of urea groups is 1. The molecule has 0 bridgehead atoms. The van der Waals surface area contributed by atoms with Crippen molar-refractivity contribution in [2.45, 2.75) is 6.18 Å². The summed E-state index contributed by atoms with van der Waals surface area (Å²) >= 11 is 0. The van der Waals surface area contributed by atoms with Crippen LogP contribution in [0.2, 0.25) is 0 Å². The Bertz CT molecular complexity index is 1720. The van der Waals surface area contributed by atoms with Crippen molar-refractivity contribution in [3.8, 4) is 17.2 Å².